The molecule has 1 rings (SSSR count). The number of Topliss-reactive ketones (excluding diaryl/α,β-unsaturated/α-hetero) is 2. The molecule has 6 heteroatoms. The molecule has 0 aliphatic rings. The number of carbonyl (C=O) groups is 2. The molecular weight excluding hydrogens is 304 g/mol. The lowest BCUT2D eigenvalue weighted by molar-refractivity contribution is 0.0928. The molecule has 0 heterocycles. The highest BCUT2D eigenvalue weighted by Crippen LogP contribution is 2.24. The van der Waals surface area contributed by atoms with Gasteiger partial charge in [0.1, 0.15) is 17.7 Å². The number of nitrogens with zero attached hydrogens (tertiary/aromatic N) is 4. The highest BCUT2D eigenvalue weighted by Gasteiger charge is 2.29. The zero-order chi connectivity index (χ0) is 18.3. The van der Waals surface area contributed by atoms with Crippen molar-refractivity contribution in [2.75, 3.05) is 0 Å². The Morgan fingerprint density at radius 3 is 1.83 bits per heavy atom. The summed E-state index contributed by atoms with van der Waals surface area (Å²) in [5.74, 6) is -3.08. The average Bonchev–Trinajstić information content (AvgIpc) is 2.60. The molecule has 0 saturated carbocycles. The van der Waals surface area contributed by atoms with Gasteiger partial charge in [-0.3, -0.25) is 9.59 Å². The Morgan fingerprint density at radius 1 is 0.917 bits per heavy atom. The summed E-state index contributed by atoms with van der Waals surface area (Å²) >= 11 is 0. The largest absolute Gasteiger partial charge is 0.294 e. The van der Waals surface area contributed by atoms with Crippen molar-refractivity contribution >= 4 is 11.6 Å². The summed E-state index contributed by atoms with van der Waals surface area (Å²) in [5.41, 5.74) is -1.03. The van der Waals surface area contributed by atoms with Gasteiger partial charge in [0.05, 0.1) is 17.7 Å². The van der Waals surface area contributed by atoms with Crippen LogP contribution in [0.25, 0.3) is 0 Å². The van der Waals surface area contributed by atoms with Crippen molar-refractivity contribution in [2.24, 2.45) is 11.8 Å². The monoisotopic (exact) mass is 316 g/mol. The van der Waals surface area contributed by atoms with Gasteiger partial charge in [0.15, 0.2) is 17.5 Å². The summed E-state index contributed by atoms with van der Waals surface area (Å²) in [7, 11) is 0. The van der Waals surface area contributed by atoms with Gasteiger partial charge >= 0.3 is 0 Å². The fraction of sp³-hybridized carbons (Fsp3) is 0.222. The van der Waals surface area contributed by atoms with Crippen molar-refractivity contribution in [3.05, 3.63) is 46.5 Å². The SMILES string of the molecule is CC(C)C(=O)c1ccccc1C(=O)C(=C(C#N)C#N)C(C#N)C#N. The van der Waals surface area contributed by atoms with Crippen molar-refractivity contribution in [3.63, 3.8) is 0 Å². The number of rotatable bonds is 5. The maximum Gasteiger partial charge on any atom is 0.194 e. The number of carbonyl (C=O) groups excluding carboxylic acids is 2. The molecule has 0 aliphatic heterocycles. The molecule has 1 aromatic carbocycles. The van der Waals surface area contributed by atoms with E-state index in [0.29, 0.717) is 0 Å². The fourth-order valence-electron chi connectivity index (χ4n) is 2.04. The zero-order valence-corrected chi connectivity index (χ0v) is 13.1. The highest BCUT2D eigenvalue weighted by molar-refractivity contribution is 6.17. The Morgan fingerprint density at radius 2 is 1.42 bits per heavy atom. The molecule has 0 fully saturated rings. The lowest BCUT2D eigenvalue weighted by atomic mass is 9.86. The minimum absolute atomic E-state index is 0.0373. The first-order valence-electron chi connectivity index (χ1n) is 6.94. The van der Waals surface area contributed by atoms with Crippen LogP contribution in [0.15, 0.2) is 35.4 Å². The standard InChI is InChI=1S/C18H12N4O2/c1-11(2)17(23)14-5-3-4-6-15(14)18(24)16(12(7-19)8-20)13(9-21)10-22/h3-6,11-12H,1-2H3. The second-order valence-electron chi connectivity index (χ2n) is 5.10. The average molecular weight is 316 g/mol. The minimum Gasteiger partial charge on any atom is -0.294 e. The van der Waals surface area contributed by atoms with Crippen LogP contribution in [0.4, 0.5) is 0 Å². The number of allylic oxidation sites excluding steroid dienone is 2. The number of hydrogen-bond acceptors (Lipinski definition) is 6. The molecule has 0 atom stereocenters. The van der Waals surface area contributed by atoms with Gasteiger partial charge in [0.25, 0.3) is 0 Å². The van der Waals surface area contributed by atoms with Crippen LogP contribution in [0.1, 0.15) is 34.6 Å². The molecule has 6 nitrogen and oxygen atoms in total. The number of nitriles is 4. The third-order valence-electron chi connectivity index (χ3n) is 3.25. The normalized spacial score (nSPS) is 9.33. The van der Waals surface area contributed by atoms with Crippen LogP contribution in [-0.4, -0.2) is 11.6 Å². The molecule has 116 valence electrons. The molecular formula is C18H12N4O2. The molecule has 0 aliphatic carbocycles. The maximum atomic E-state index is 12.8. The van der Waals surface area contributed by atoms with E-state index < -0.39 is 22.8 Å². The van der Waals surface area contributed by atoms with Crippen LogP contribution in [0.2, 0.25) is 0 Å². The van der Waals surface area contributed by atoms with Crippen LogP contribution in [0.3, 0.4) is 0 Å². The molecule has 0 aromatic heterocycles. The van der Waals surface area contributed by atoms with Crippen molar-refractivity contribution in [1.82, 2.24) is 0 Å². The summed E-state index contributed by atoms with van der Waals surface area (Å²) in [4.78, 5) is 25.1. The molecule has 1 aromatic rings. The van der Waals surface area contributed by atoms with Crippen molar-refractivity contribution in [1.29, 1.82) is 21.0 Å². The van der Waals surface area contributed by atoms with Gasteiger partial charge in [-0.15, -0.1) is 0 Å². The van der Waals surface area contributed by atoms with E-state index in [0.717, 1.165) is 0 Å². The van der Waals surface area contributed by atoms with E-state index in [1.165, 1.54) is 30.3 Å². The highest BCUT2D eigenvalue weighted by atomic mass is 16.1. The molecule has 0 saturated heterocycles. The molecule has 0 bridgehead atoms. The summed E-state index contributed by atoms with van der Waals surface area (Å²) < 4.78 is 0. The summed E-state index contributed by atoms with van der Waals surface area (Å²) in [6.07, 6.45) is 0. The van der Waals surface area contributed by atoms with Crippen LogP contribution >= 0.6 is 0 Å². The second kappa shape index (κ2) is 8.04. The molecule has 0 amide bonds. The molecule has 0 N–H and O–H groups in total. The van der Waals surface area contributed by atoms with Gasteiger partial charge in [-0.25, -0.2) is 0 Å². The van der Waals surface area contributed by atoms with Crippen LogP contribution in [0.5, 0.6) is 0 Å². The van der Waals surface area contributed by atoms with Gasteiger partial charge < -0.3 is 0 Å². The van der Waals surface area contributed by atoms with Gasteiger partial charge in [0, 0.05) is 17.0 Å². The predicted molar refractivity (Wildman–Crippen MR) is 82.9 cm³/mol. The third-order valence-corrected chi connectivity index (χ3v) is 3.25. The lowest BCUT2D eigenvalue weighted by Crippen LogP contribution is -2.18. The summed E-state index contributed by atoms with van der Waals surface area (Å²) in [6.45, 7) is 3.34. The fourth-order valence-corrected chi connectivity index (χ4v) is 2.04. The van der Waals surface area contributed by atoms with Gasteiger partial charge in [0.2, 0.25) is 0 Å². The van der Waals surface area contributed by atoms with Crippen molar-refractivity contribution < 1.29 is 9.59 Å². The molecule has 24 heavy (non-hydrogen) atoms. The Bertz CT molecular complexity index is 853. The number of hydrogen-bond donors (Lipinski definition) is 0. The van der Waals surface area contributed by atoms with E-state index in [1.807, 2.05) is 0 Å². The number of benzene rings is 1. The zero-order valence-electron chi connectivity index (χ0n) is 13.1. The van der Waals surface area contributed by atoms with Crippen molar-refractivity contribution in [2.45, 2.75) is 13.8 Å². The quantitative estimate of drug-likeness (QED) is 0.466. The first-order chi connectivity index (χ1) is 11.4. The number of ketones is 2. The predicted octanol–water partition coefficient (Wildman–Crippen LogP) is 2.72. The smallest absolute Gasteiger partial charge is 0.194 e. The van der Waals surface area contributed by atoms with E-state index in [1.54, 1.807) is 32.1 Å². The second-order valence-corrected chi connectivity index (χ2v) is 5.10. The Kier molecular flexibility index (Phi) is 6.13. The van der Waals surface area contributed by atoms with E-state index >= 15 is 0 Å². The topological polar surface area (TPSA) is 129 Å². The van der Waals surface area contributed by atoms with E-state index in [-0.39, 0.29) is 22.8 Å². The Labute approximate surface area is 139 Å². The van der Waals surface area contributed by atoms with Crippen LogP contribution < -0.4 is 0 Å². The van der Waals surface area contributed by atoms with Crippen molar-refractivity contribution in [3.8, 4) is 24.3 Å². The van der Waals surface area contributed by atoms with Gasteiger partial charge in [-0.05, 0) is 0 Å². The van der Waals surface area contributed by atoms with E-state index in [2.05, 4.69) is 0 Å². The van der Waals surface area contributed by atoms with Gasteiger partial charge in [-0.1, -0.05) is 38.1 Å². The third kappa shape index (κ3) is 3.53. The molecule has 0 spiro atoms. The van der Waals surface area contributed by atoms with Gasteiger partial charge in [-0.2, -0.15) is 21.0 Å². The minimum atomic E-state index is -1.57. The summed E-state index contributed by atoms with van der Waals surface area (Å²) in [5, 5.41) is 36.2. The van der Waals surface area contributed by atoms with Crippen LogP contribution in [0, 0.1) is 57.2 Å². The summed E-state index contributed by atoms with van der Waals surface area (Å²) in [6, 6.07) is 12.2. The first-order valence-corrected chi connectivity index (χ1v) is 6.94. The first kappa shape index (κ1) is 18.3. The maximum absolute atomic E-state index is 12.8. The molecule has 0 radical (unpaired) electrons. The lowest BCUT2D eigenvalue weighted by Gasteiger charge is -2.12. The van der Waals surface area contributed by atoms with Crippen LogP contribution in [-0.2, 0) is 0 Å². The molecule has 0 unspecified atom stereocenters. The Hall–Kier alpha value is -3.74. The van der Waals surface area contributed by atoms with E-state index in [4.69, 9.17) is 21.0 Å². The van der Waals surface area contributed by atoms with E-state index in [9.17, 15) is 9.59 Å². The Balaban J connectivity index is 3.67.